The minimum atomic E-state index is -0.905. The zero-order valence-electron chi connectivity index (χ0n) is 11.7. The second-order valence-corrected chi connectivity index (χ2v) is 5.16. The molecule has 0 aliphatic carbocycles. The van der Waals surface area contributed by atoms with Gasteiger partial charge in [0.25, 0.3) is 5.91 Å². The summed E-state index contributed by atoms with van der Waals surface area (Å²) in [6.45, 7) is 0. The van der Waals surface area contributed by atoms with Crippen LogP contribution in [0, 0.1) is 17.2 Å². The van der Waals surface area contributed by atoms with Gasteiger partial charge in [0.15, 0.2) is 12.4 Å². The lowest BCUT2D eigenvalue weighted by Crippen LogP contribution is -2.59. The molecule has 3 rings (SSSR count). The van der Waals surface area contributed by atoms with E-state index in [1.165, 1.54) is 0 Å². The number of benzene rings is 1. The number of piperidine rings is 1. The molecule has 3 atom stereocenters. The van der Waals surface area contributed by atoms with Crippen LogP contribution >= 0.6 is 0 Å². The summed E-state index contributed by atoms with van der Waals surface area (Å²) in [6, 6.07) is 16.1. The van der Waals surface area contributed by atoms with Gasteiger partial charge in [-0.3, -0.25) is 14.9 Å². The Bertz CT molecular complexity index is 738. The van der Waals surface area contributed by atoms with Crippen LogP contribution < -0.4 is 9.88 Å². The number of hydrogen-bond acceptors (Lipinski definition) is 3. The Morgan fingerprint density at radius 2 is 1.59 bits per heavy atom. The molecular formula is C17H14N3O2+. The van der Waals surface area contributed by atoms with Crippen molar-refractivity contribution >= 4 is 11.8 Å². The molecule has 1 fully saturated rings. The number of imide groups is 1. The third kappa shape index (κ3) is 2.35. The van der Waals surface area contributed by atoms with E-state index in [-0.39, 0.29) is 5.91 Å². The van der Waals surface area contributed by atoms with Crippen LogP contribution in [0.2, 0.25) is 0 Å². The number of pyridine rings is 1. The van der Waals surface area contributed by atoms with Gasteiger partial charge in [0, 0.05) is 12.1 Å². The molecule has 1 aliphatic heterocycles. The van der Waals surface area contributed by atoms with E-state index >= 15 is 0 Å². The molecule has 0 spiro atoms. The summed E-state index contributed by atoms with van der Waals surface area (Å²) in [5.41, 5.74) is 0.804. The van der Waals surface area contributed by atoms with Crippen molar-refractivity contribution in [2.24, 2.45) is 5.92 Å². The molecule has 0 saturated carbocycles. The molecular weight excluding hydrogens is 278 g/mol. The molecule has 2 heterocycles. The summed E-state index contributed by atoms with van der Waals surface area (Å²) >= 11 is 0. The van der Waals surface area contributed by atoms with Gasteiger partial charge in [-0.15, -0.1) is 0 Å². The number of nitrogens with zero attached hydrogens (tertiary/aromatic N) is 2. The van der Waals surface area contributed by atoms with Crippen LogP contribution in [0.3, 0.4) is 0 Å². The summed E-state index contributed by atoms with van der Waals surface area (Å²) < 4.78 is 1.74. The Kier molecular flexibility index (Phi) is 3.67. The second kappa shape index (κ2) is 5.78. The first kappa shape index (κ1) is 14.0. The van der Waals surface area contributed by atoms with Gasteiger partial charge in [0.2, 0.25) is 11.9 Å². The molecule has 2 amide bonds. The van der Waals surface area contributed by atoms with Crippen LogP contribution in [-0.2, 0) is 9.59 Å². The molecule has 1 aromatic heterocycles. The SMILES string of the molecule is N#C[C@H]1C(=O)NC(=O)[C@H]([n+]2ccccc2)[C@@H]1c1ccccc1. The Hall–Kier alpha value is -3.00. The van der Waals surface area contributed by atoms with Gasteiger partial charge < -0.3 is 0 Å². The zero-order chi connectivity index (χ0) is 15.5. The normalized spacial score (nSPS) is 24.4. The fraction of sp³-hybridized carbons (Fsp3) is 0.176. The first-order valence-corrected chi connectivity index (χ1v) is 6.97. The minimum Gasteiger partial charge on any atom is -0.289 e. The highest BCUT2D eigenvalue weighted by atomic mass is 16.2. The minimum absolute atomic E-state index is 0.387. The van der Waals surface area contributed by atoms with Crippen molar-refractivity contribution in [1.29, 1.82) is 5.26 Å². The van der Waals surface area contributed by atoms with Gasteiger partial charge in [-0.1, -0.05) is 36.4 Å². The summed E-state index contributed by atoms with van der Waals surface area (Å²) in [4.78, 5) is 24.4. The van der Waals surface area contributed by atoms with Gasteiger partial charge in [0.05, 0.1) is 12.0 Å². The maximum atomic E-state index is 12.4. The predicted octanol–water partition coefficient (Wildman–Crippen LogP) is 1.10. The first-order valence-electron chi connectivity index (χ1n) is 6.97. The van der Waals surface area contributed by atoms with Crippen LogP contribution in [0.4, 0.5) is 0 Å². The molecule has 1 saturated heterocycles. The summed E-state index contributed by atoms with van der Waals surface area (Å²) in [5, 5.41) is 11.7. The quantitative estimate of drug-likeness (QED) is 0.665. The highest BCUT2D eigenvalue weighted by Crippen LogP contribution is 2.35. The third-order valence-corrected chi connectivity index (χ3v) is 3.88. The number of nitrogens with one attached hydrogen (secondary N) is 1. The number of hydrogen-bond donors (Lipinski definition) is 1. The maximum Gasteiger partial charge on any atom is 0.296 e. The van der Waals surface area contributed by atoms with Gasteiger partial charge in [-0.05, 0) is 5.56 Å². The summed E-state index contributed by atoms with van der Waals surface area (Å²) in [6.07, 6.45) is 3.54. The lowest BCUT2D eigenvalue weighted by atomic mass is 9.77. The Morgan fingerprint density at radius 3 is 2.23 bits per heavy atom. The smallest absolute Gasteiger partial charge is 0.289 e. The van der Waals surface area contributed by atoms with Crippen LogP contribution in [0.5, 0.6) is 0 Å². The number of carbonyl (C=O) groups is 2. The van der Waals surface area contributed by atoms with Crippen LogP contribution in [0.15, 0.2) is 60.9 Å². The van der Waals surface area contributed by atoms with E-state index in [0.29, 0.717) is 0 Å². The van der Waals surface area contributed by atoms with Crippen molar-refractivity contribution < 1.29 is 14.2 Å². The Morgan fingerprint density at radius 1 is 0.955 bits per heavy atom. The number of rotatable bonds is 2. The van der Waals surface area contributed by atoms with Crippen LogP contribution in [0.1, 0.15) is 17.5 Å². The summed E-state index contributed by atoms with van der Waals surface area (Å²) in [7, 11) is 0. The van der Waals surface area contributed by atoms with Crippen LogP contribution in [0.25, 0.3) is 0 Å². The van der Waals surface area contributed by atoms with Gasteiger partial charge >= 0.3 is 0 Å². The predicted molar refractivity (Wildman–Crippen MR) is 77.1 cm³/mol. The van der Waals surface area contributed by atoms with Gasteiger partial charge in [0.1, 0.15) is 5.92 Å². The van der Waals surface area contributed by atoms with E-state index in [2.05, 4.69) is 5.32 Å². The Balaban J connectivity index is 2.14. The van der Waals surface area contributed by atoms with Gasteiger partial charge in [-0.25, -0.2) is 0 Å². The van der Waals surface area contributed by atoms with Crippen molar-refractivity contribution in [2.75, 3.05) is 0 Å². The third-order valence-electron chi connectivity index (χ3n) is 3.88. The van der Waals surface area contributed by atoms with E-state index in [1.54, 1.807) is 17.0 Å². The molecule has 5 nitrogen and oxygen atoms in total. The highest BCUT2D eigenvalue weighted by Gasteiger charge is 2.50. The number of carbonyl (C=O) groups excluding carboxylic acids is 2. The highest BCUT2D eigenvalue weighted by molar-refractivity contribution is 6.02. The number of amides is 2. The van der Waals surface area contributed by atoms with E-state index in [1.807, 2.05) is 54.6 Å². The van der Waals surface area contributed by atoms with E-state index in [4.69, 9.17) is 0 Å². The zero-order valence-corrected chi connectivity index (χ0v) is 11.7. The van der Waals surface area contributed by atoms with Crippen molar-refractivity contribution in [3.05, 3.63) is 66.5 Å². The summed E-state index contributed by atoms with van der Waals surface area (Å²) in [5.74, 6) is -2.34. The molecule has 0 radical (unpaired) electrons. The number of nitriles is 1. The molecule has 108 valence electrons. The molecule has 1 N–H and O–H groups in total. The fourth-order valence-electron chi connectivity index (χ4n) is 2.89. The monoisotopic (exact) mass is 292 g/mol. The molecule has 0 unspecified atom stereocenters. The van der Waals surface area contributed by atoms with Crippen molar-refractivity contribution in [1.82, 2.24) is 5.32 Å². The lowest BCUT2D eigenvalue weighted by molar-refractivity contribution is -0.713. The topological polar surface area (TPSA) is 73.8 Å². The van der Waals surface area contributed by atoms with Crippen molar-refractivity contribution in [2.45, 2.75) is 12.0 Å². The van der Waals surface area contributed by atoms with Crippen molar-refractivity contribution in [3.63, 3.8) is 0 Å². The maximum absolute atomic E-state index is 12.4. The molecule has 2 aromatic rings. The van der Waals surface area contributed by atoms with Crippen LogP contribution in [-0.4, -0.2) is 11.8 Å². The van der Waals surface area contributed by atoms with Crippen molar-refractivity contribution in [3.8, 4) is 6.07 Å². The molecule has 0 bridgehead atoms. The standard InChI is InChI=1S/C17H13N3O2/c18-11-13-14(12-7-3-1-4-8-12)15(17(22)19-16(13)21)20-9-5-2-6-10-20/h1-10,13-15H/p+1/t13-,14-,15-/m1/s1. The average molecular weight is 292 g/mol. The Labute approximate surface area is 127 Å². The molecule has 5 heteroatoms. The second-order valence-electron chi connectivity index (χ2n) is 5.16. The lowest BCUT2D eigenvalue weighted by Gasteiger charge is -2.29. The number of aromatic nitrogens is 1. The van der Waals surface area contributed by atoms with Gasteiger partial charge in [-0.2, -0.15) is 9.83 Å². The van der Waals surface area contributed by atoms with E-state index in [9.17, 15) is 14.9 Å². The largest absolute Gasteiger partial charge is 0.296 e. The first-order chi connectivity index (χ1) is 10.7. The molecule has 1 aliphatic rings. The fourth-order valence-corrected chi connectivity index (χ4v) is 2.89. The average Bonchev–Trinajstić information content (AvgIpc) is 2.56. The van der Waals surface area contributed by atoms with E-state index < -0.39 is 23.8 Å². The van der Waals surface area contributed by atoms with E-state index in [0.717, 1.165) is 5.56 Å². The molecule has 22 heavy (non-hydrogen) atoms. The molecule has 1 aromatic carbocycles.